The maximum absolute atomic E-state index is 11.8. The van der Waals surface area contributed by atoms with Crippen LogP contribution in [0, 0.1) is 0 Å². The first kappa shape index (κ1) is 14.1. The maximum Gasteiger partial charge on any atom is 0.239 e. The summed E-state index contributed by atoms with van der Waals surface area (Å²) < 4.78 is 0. The Kier molecular flexibility index (Phi) is 4.40. The number of nitrogens with two attached hydrogens (primary N) is 1. The minimum Gasteiger partial charge on any atom is -0.398 e. The summed E-state index contributed by atoms with van der Waals surface area (Å²) in [5, 5.41) is 3.77. The average Bonchev–Trinajstić information content (AvgIpc) is 2.45. The average molecular weight is 272 g/mol. The molecule has 2 rings (SSSR count). The van der Waals surface area contributed by atoms with E-state index in [-0.39, 0.29) is 5.91 Å². The van der Waals surface area contributed by atoms with Crippen molar-refractivity contribution < 1.29 is 4.79 Å². The van der Waals surface area contributed by atoms with Gasteiger partial charge in [-0.1, -0.05) is 6.92 Å². The molecule has 0 saturated carbocycles. The highest BCUT2D eigenvalue weighted by Gasteiger charge is 2.11. The summed E-state index contributed by atoms with van der Waals surface area (Å²) in [6, 6.07) is 7.54. The first-order chi connectivity index (χ1) is 9.63. The zero-order chi connectivity index (χ0) is 14.5. The van der Waals surface area contributed by atoms with Crippen LogP contribution in [-0.4, -0.2) is 31.0 Å². The van der Waals surface area contributed by atoms with Gasteiger partial charge in [-0.05, 0) is 30.7 Å². The van der Waals surface area contributed by atoms with Gasteiger partial charge in [0, 0.05) is 30.9 Å². The number of benzene rings is 1. The monoisotopic (exact) mass is 272 g/mol. The Balaban J connectivity index is 2.24. The number of likely N-dealkylation sites (N-methyl/N-ethyl adjacent to an activating group) is 1. The summed E-state index contributed by atoms with van der Waals surface area (Å²) in [4.78, 5) is 18.1. The Morgan fingerprint density at radius 1 is 1.40 bits per heavy atom. The number of nitrogens with one attached hydrogen (secondary N) is 1. The van der Waals surface area contributed by atoms with Crippen molar-refractivity contribution in [1.29, 1.82) is 0 Å². The lowest BCUT2D eigenvalue weighted by Gasteiger charge is -2.20. The molecule has 106 valence electrons. The van der Waals surface area contributed by atoms with E-state index in [1.165, 1.54) is 0 Å². The highest BCUT2D eigenvalue weighted by Crippen LogP contribution is 2.28. The van der Waals surface area contributed by atoms with E-state index in [4.69, 9.17) is 5.73 Å². The number of nitrogen functional groups attached to an aromatic ring is 1. The fraction of sp³-hybridized carbons (Fsp3) is 0.333. The molecule has 1 amide bonds. The van der Waals surface area contributed by atoms with E-state index < -0.39 is 0 Å². The molecule has 0 spiro atoms. The number of hydrogen-bond acceptors (Lipinski definition) is 4. The van der Waals surface area contributed by atoms with Gasteiger partial charge in [-0.2, -0.15) is 0 Å². The van der Waals surface area contributed by atoms with Gasteiger partial charge in [-0.25, -0.2) is 0 Å². The highest BCUT2D eigenvalue weighted by atomic mass is 16.2. The SMILES string of the molecule is CCCNC(=O)CN(C)c1ccc(N)c2cccnc12. The second-order valence-corrected chi connectivity index (χ2v) is 4.78. The molecule has 1 aromatic carbocycles. The molecule has 0 radical (unpaired) electrons. The molecule has 0 bridgehead atoms. The molecule has 0 unspecified atom stereocenters. The summed E-state index contributed by atoms with van der Waals surface area (Å²) in [7, 11) is 1.88. The largest absolute Gasteiger partial charge is 0.398 e. The zero-order valence-electron chi connectivity index (χ0n) is 11.9. The molecule has 0 aliphatic rings. The van der Waals surface area contributed by atoms with Crippen molar-refractivity contribution in [3.63, 3.8) is 0 Å². The smallest absolute Gasteiger partial charge is 0.239 e. The van der Waals surface area contributed by atoms with Crippen LogP contribution in [0.25, 0.3) is 10.9 Å². The number of carbonyl (C=O) groups excluding carboxylic acids is 1. The fourth-order valence-electron chi connectivity index (χ4n) is 2.11. The number of pyridine rings is 1. The molecule has 1 aromatic heterocycles. The van der Waals surface area contributed by atoms with Gasteiger partial charge in [0.15, 0.2) is 0 Å². The van der Waals surface area contributed by atoms with Crippen LogP contribution in [0.2, 0.25) is 0 Å². The van der Waals surface area contributed by atoms with Crippen LogP contribution >= 0.6 is 0 Å². The molecular weight excluding hydrogens is 252 g/mol. The summed E-state index contributed by atoms with van der Waals surface area (Å²) >= 11 is 0. The van der Waals surface area contributed by atoms with Gasteiger partial charge in [-0.15, -0.1) is 0 Å². The van der Waals surface area contributed by atoms with Gasteiger partial charge < -0.3 is 16.0 Å². The quantitative estimate of drug-likeness (QED) is 0.814. The number of amides is 1. The third kappa shape index (κ3) is 2.99. The van der Waals surface area contributed by atoms with Crippen molar-refractivity contribution >= 4 is 28.2 Å². The second kappa shape index (κ2) is 6.23. The molecular formula is C15H20N4O. The number of hydrogen-bond donors (Lipinski definition) is 2. The first-order valence-electron chi connectivity index (χ1n) is 6.74. The predicted molar refractivity (Wildman–Crippen MR) is 82.7 cm³/mol. The Labute approximate surface area is 118 Å². The molecule has 5 heteroatoms. The first-order valence-corrected chi connectivity index (χ1v) is 6.74. The van der Waals surface area contributed by atoms with Crippen LogP contribution in [0.4, 0.5) is 11.4 Å². The van der Waals surface area contributed by atoms with Crippen molar-refractivity contribution in [2.45, 2.75) is 13.3 Å². The maximum atomic E-state index is 11.8. The predicted octanol–water partition coefficient (Wildman–Crippen LogP) is 1.78. The molecule has 0 atom stereocenters. The van der Waals surface area contributed by atoms with Crippen LogP contribution in [-0.2, 0) is 4.79 Å². The number of anilines is 2. The van der Waals surface area contributed by atoms with E-state index in [1.54, 1.807) is 6.20 Å². The standard InChI is InChI=1S/C15H20N4O/c1-3-8-17-14(20)10-19(2)13-7-6-12(16)11-5-4-9-18-15(11)13/h4-7,9H,3,8,10,16H2,1-2H3,(H,17,20). The molecule has 0 aliphatic heterocycles. The van der Waals surface area contributed by atoms with E-state index in [1.807, 2.05) is 43.1 Å². The van der Waals surface area contributed by atoms with Crippen molar-refractivity contribution in [3.8, 4) is 0 Å². The molecule has 2 aromatic rings. The van der Waals surface area contributed by atoms with Crippen LogP contribution in [0.3, 0.4) is 0 Å². The third-order valence-electron chi connectivity index (χ3n) is 3.15. The van der Waals surface area contributed by atoms with Gasteiger partial charge in [0.1, 0.15) is 0 Å². The zero-order valence-corrected chi connectivity index (χ0v) is 11.9. The molecule has 0 saturated heterocycles. The van der Waals surface area contributed by atoms with Crippen LogP contribution in [0.5, 0.6) is 0 Å². The minimum atomic E-state index is 0.00950. The summed E-state index contributed by atoms with van der Waals surface area (Å²) in [5.74, 6) is 0.00950. The fourth-order valence-corrected chi connectivity index (χ4v) is 2.11. The summed E-state index contributed by atoms with van der Waals surface area (Å²) in [5.41, 5.74) is 8.37. The lowest BCUT2D eigenvalue weighted by Crippen LogP contribution is -2.35. The van der Waals surface area contributed by atoms with Gasteiger partial charge in [0.25, 0.3) is 0 Å². The van der Waals surface area contributed by atoms with E-state index in [9.17, 15) is 4.79 Å². The second-order valence-electron chi connectivity index (χ2n) is 4.78. The van der Waals surface area contributed by atoms with E-state index in [0.29, 0.717) is 18.8 Å². The Morgan fingerprint density at radius 2 is 2.20 bits per heavy atom. The minimum absolute atomic E-state index is 0.00950. The Bertz CT molecular complexity index is 612. The van der Waals surface area contributed by atoms with Gasteiger partial charge >= 0.3 is 0 Å². The number of rotatable bonds is 5. The van der Waals surface area contributed by atoms with Gasteiger partial charge in [0.05, 0.1) is 17.7 Å². The number of aromatic nitrogens is 1. The third-order valence-corrected chi connectivity index (χ3v) is 3.15. The van der Waals surface area contributed by atoms with Crippen LogP contribution in [0.1, 0.15) is 13.3 Å². The summed E-state index contributed by atoms with van der Waals surface area (Å²) in [6.07, 6.45) is 2.66. The number of carbonyl (C=O) groups is 1. The molecule has 0 fully saturated rings. The Hall–Kier alpha value is -2.30. The molecule has 5 nitrogen and oxygen atoms in total. The topological polar surface area (TPSA) is 71.2 Å². The van der Waals surface area contributed by atoms with Crippen LogP contribution in [0.15, 0.2) is 30.5 Å². The lowest BCUT2D eigenvalue weighted by atomic mass is 10.1. The van der Waals surface area contributed by atoms with E-state index in [2.05, 4.69) is 10.3 Å². The van der Waals surface area contributed by atoms with Gasteiger partial charge in [-0.3, -0.25) is 9.78 Å². The number of nitrogens with zero attached hydrogens (tertiary/aromatic N) is 2. The Morgan fingerprint density at radius 3 is 2.95 bits per heavy atom. The van der Waals surface area contributed by atoms with Crippen LogP contribution < -0.4 is 16.0 Å². The van der Waals surface area contributed by atoms with Crippen molar-refractivity contribution in [2.75, 3.05) is 30.8 Å². The lowest BCUT2D eigenvalue weighted by molar-refractivity contribution is -0.119. The normalized spacial score (nSPS) is 10.5. The number of fused-ring (bicyclic) bond motifs is 1. The molecule has 0 aliphatic carbocycles. The molecule has 20 heavy (non-hydrogen) atoms. The van der Waals surface area contributed by atoms with E-state index >= 15 is 0 Å². The van der Waals surface area contributed by atoms with Gasteiger partial charge in [0.2, 0.25) is 5.91 Å². The molecule has 3 N–H and O–H groups in total. The van der Waals surface area contributed by atoms with Crippen molar-refractivity contribution in [1.82, 2.24) is 10.3 Å². The molecule has 1 heterocycles. The summed E-state index contributed by atoms with van der Waals surface area (Å²) in [6.45, 7) is 3.03. The van der Waals surface area contributed by atoms with Crippen molar-refractivity contribution in [2.24, 2.45) is 0 Å². The van der Waals surface area contributed by atoms with Crippen molar-refractivity contribution in [3.05, 3.63) is 30.5 Å². The van der Waals surface area contributed by atoms with E-state index in [0.717, 1.165) is 23.0 Å². The highest BCUT2D eigenvalue weighted by molar-refractivity contribution is 5.99.